The van der Waals surface area contributed by atoms with Crippen LogP contribution in [0.25, 0.3) is 5.57 Å². The largest absolute Gasteiger partial charge is 0.472 e. The molecule has 2 amide bonds. The minimum atomic E-state index is -0.318. The second kappa shape index (κ2) is 8.99. The molecule has 0 bridgehead atoms. The Labute approximate surface area is 184 Å². The van der Waals surface area contributed by atoms with Gasteiger partial charge in [-0.1, -0.05) is 13.0 Å². The Hall–Kier alpha value is -2.41. The zero-order valence-corrected chi connectivity index (χ0v) is 18.7. The van der Waals surface area contributed by atoms with E-state index in [4.69, 9.17) is 4.74 Å². The van der Waals surface area contributed by atoms with Crippen molar-refractivity contribution in [2.24, 2.45) is 11.8 Å². The van der Waals surface area contributed by atoms with Gasteiger partial charge in [0, 0.05) is 31.6 Å². The lowest BCUT2D eigenvalue weighted by Crippen LogP contribution is -2.50. The number of rotatable bonds is 6. The number of nitrogens with zero attached hydrogens (tertiary/aromatic N) is 3. The van der Waals surface area contributed by atoms with Gasteiger partial charge in [-0.2, -0.15) is 0 Å². The summed E-state index contributed by atoms with van der Waals surface area (Å²) in [5.41, 5.74) is 2.60. The third-order valence-electron chi connectivity index (χ3n) is 6.69. The van der Waals surface area contributed by atoms with Crippen molar-refractivity contribution in [1.82, 2.24) is 14.8 Å². The molecule has 0 aromatic carbocycles. The Bertz CT molecular complexity index is 880. The van der Waals surface area contributed by atoms with Gasteiger partial charge < -0.3 is 19.6 Å². The molecule has 1 aromatic rings. The molecule has 7 heteroatoms. The van der Waals surface area contributed by atoms with E-state index in [1.54, 1.807) is 16.0 Å². The van der Waals surface area contributed by atoms with Crippen molar-refractivity contribution in [3.8, 4) is 5.88 Å². The number of hydrogen-bond donors (Lipinski definition) is 1. The molecule has 2 heterocycles. The molecular formula is C24H33N3O4. The molecule has 1 N–H and O–H groups in total. The molecule has 1 saturated carbocycles. The van der Waals surface area contributed by atoms with Crippen molar-refractivity contribution in [2.45, 2.75) is 58.1 Å². The van der Waals surface area contributed by atoms with Crippen molar-refractivity contribution in [2.75, 3.05) is 26.7 Å². The summed E-state index contributed by atoms with van der Waals surface area (Å²) in [6.45, 7) is 4.65. The average Bonchev–Trinajstić information content (AvgIpc) is 3.48. The quantitative estimate of drug-likeness (QED) is 0.755. The third kappa shape index (κ3) is 4.61. The maximum absolute atomic E-state index is 13.4. The molecule has 1 fully saturated rings. The first-order valence-corrected chi connectivity index (χ1v) is 11.4. The first kappa shape index (κ1) is 21.8. The molecule has 168 valence electrons. The Morgan fingerprint density at radius 3 is 2.84 bits per heavy atom. The number of pyridine rings is 1. The van der Waals surface area contributed by atoms with Gasteiger partial charge in [-0.3, -0.25) is 9.59 Å². The molecule has 31 heavy (non-hydrogen) atoms. The van der Waals surface area contributed by atoms with Crippen LogP contribution in [0.5, 0.6) is 5.88 Å². The van der Waals surface area contributed by atoms with Crippen LogP contribution in [0.2, 0.25) is 0 Å². The second-order valence-corrected chi connectivity index (χ2v) is 9.31. The van der Waals surface area contributed by atoms with E-state index in [0.29, 0.717) is 24.5 Å². The monoisotopic (exact) mass is 427 g/mol. The number of carbonyl (C=O) groups excluding carboxylic acids is 2. The van der Waals surface area contributed by atoms with Gasteiger partial charge in [0.1, 0.15) is 11.7 Å². The minimum Gasteiger partial charge on any atom is -0.472 e. The molecule has 3 atom stereocenters. The molecule has 3 aliphatic rings. The molecular weight excluding hydrogens is 394 g/mol. The second-order valence-electron chi connectivity index (χ2n) is 9.31. The number of hydrogen-bond acceptors (Lipinski definition) is 5. The van der Waals surface area contributed by atoms with Crippen molar-refractivity contribution in [3.05, 3.63) is 29.5 Å². The number of carbonyl (C=O) groups is 2. The van der Waals surface area contributed by atoms with Crippen LogP contribution >= 0.6 is 0 Å². The highest BCUT2D eigenvalue weighted by Gasteiger charge is 2.37. The fourth-order valence-electron chi connectivity index (χ4n) is 4.43. The average molecular weight is 428 g/mol. The number of allylic oxidation sites excluding steroid dienone is 2. The van der Waals surface area contributed by atoms with E-state index in [-0.39, 0.29) is 42.4 Å². The predicted molar refractivity (Wildman–Crippen MR) is 118 cm³/mol. The molecule has 4 rings (SSSR count). The van der Waals surface area contributed by atoms with Crippen LogP contribution in [0.1, 0.15) is 61.9 Å². The van der Waals surface area contributed by atoms with E-state index in [2.05, 4.69) is 11.1 Å². The summed E-state index contributed by atoms with van der Waals surface area (Å²) in [6, 6.07) is 1.56. The van der Waals surface area contributed by atoms with Gasteiger partial charge in [-0.15, -0.1) is 0 Å². The van der Waals surface area contributed by atoms with Gasteiger partial charge in [-0.05, 0) is 56.2 Å². The van der Waals surface area contributed by atoms with Crippen LogP contribution in [0.4, 0.5) is 0 Å². The Morgan fingerprint density at radius 2 is 2.19 bits per heavy atom. The lowest BCUT2D eigenvalue weighted by molar-refractivity contribution is -0.132. The molecule has 2 aliphatic carbocycles. The molecule has 1 aromatic heterocycles. The van der Waals surface area contributed by atoms with Crippen LogP contribution in [0.3, 0.4) is 0 Å². The summed E-state index contributed by atoms with van der Waals surface area (Å²) in [5.74, 6) is 0.420. The lowest BCUT2D eigenvalue weighted by Gasteiger charge is -2.37. The van der Waals surface area contributed by atoms with Crippen LogP contribution in [-0.2, 0) is 4.79 Å². The minimum absolute atomic E-state index is 0.0282. The van der Waals surface area contributed by atoms with E-state index < -0.39 is 0 Å². The fourth-order valence-corrected chi connectivity index (χ4v) is 4.43. The topological polar surface area (TPSA) is 83.0 Å². The highest BCUT2D eigenvalue weighted by atomic mass is 16.5. The lowest BCUT2D eigenvalue weighted by atomic mass is 9.99. The number of amides is 2. The van der Waals surface area contributed by atoms with E-state index in [1.807, 2.05) is 27.0 Å². The highest BCUT2D eigenvalue weighted by Crippen LogP contribution is 2.33. The van der Waals surface area contributed by atoms with Crippen LogP contribution in [0.15, 0.2) is 18.3 Å². The molecule has 0 radical (unpaired) electrons. The SMILES string of the molecule is C[C@H]1CN([C@@H](C)CO)C(=O)c2cc(C3=CCCC3)cnc2O[C@@H]1CN(C)C(=O)C1CC1. The zero-order chi connectivity index (χ0) is 22.1. The van der Waals surface area contributed by atoms with Crippen molar-refractivity contribution in [1.29, 1.82) is 0 Å². The molecule has 0 spiro atoms. The van der Waals surface area contributed by atoms with Gasteiger partial charge in [0.05, 0.1) is 19.2 Å². The van der Waals surface area contributed by atoms with Crippen LogP contribution < -0.4 is 4.74 Å². The van der Waals surface area contributed by atoms with Gasteiger partial charge in [0.2, 0.25) is 11.8 Å². The number of fused-ring (bicyclic) bond motifs is 1. The molecule has 7 nitrogen and oxygen atoms in total. The maximum Gasteiger partial charge on any atom is 0.259 e. The van der Waals surface area contributed by atoms with Crippen LogP contribution in [-0.4, -0.2) is 70.6 Å². The summed E-state index contributed by atoms with van der Waals surface area (Å²) in [7, 11) is 1.82. The fraction of sp³-hybridized carbons (Fsp3) is 0.625. The standard InChI is InChI=1S/C24H33N3O4/c1-15-12-27(16(2)14-28)24(30)20-10-19(17-6-4-5-7-17)11-25-22(20)31-21(15)13-26(3)23(29)18-8-9-18/h6,10-11,15-16,18,21,28H,4-5,7-9,12-14H2,1-3H3/t15-,16-,21+/m0/s1. The van der Waals surface area contributed by atoms with E-state index in [1.165, 1.54) is 5.57 Å². The molecule has 0 saturated heterocycles. The number of ether oxygens (including phenoxy) is 1. The number of likely N-dealkylation sites (N-methyl/N-ethyl adjacent to an activating group) is 1. The summed E-state index contributed by atoms with van der Waals surface area (Å²) in [5, 5.41) is 9.78. The van der Waals surface area contributed by atoms with Crippen LogP contribution in [0, 0.1) is 11.8 Å². The smallest absolute Gasteiger partial charge is 0.259 e. The zero-order valence-electron chi connectivity index (χ0n) is 18.7. The van der Waals surface area contributed by atoms with Gasteiger partial charge >= 0.3 is 0 Å². The van der Waals surface area contributed by atoms with E-state index >= 15 is 0 Å². The maximum atomic E-state index is 13.4. The Balaban J connectivity index is 1.66. The number of aliphatic hydroxyl groups is 1. The van der Waals surface area contributed by atoms with Crippen molar-refractivity contribution < 1.29 is 19.4 Å². The highest BCUT2D eigenvalue weighted by molar-refractivity contribution is 5.97. The first-order valence-electron chi connectivity index (χ1n) is 11.4. The summed E-state index contributed by atoms with van der Waals surface area (Å²) >= 11 is 0. The summed E-state index contributed by atoms with van der Waals surface area (Å²) < 4.78 is 6.29. The first-order chi connectivity index (χ1) is 14.9. The summed E-state index contributed by atoms with van der Waals surface area (Å²) in [6.07, 6.45) is 8.77. The Morgan fingerprint density at radius 1 is 1.42 bits per heavy atom. The van der Waals surface area contributed by atoms with Crippen molar-refractivity contribution >= 4 is 17.4 Å². The van der Waals surface area contributed by atoms with Crippen molar-refractivity contribution in [3.63, 3.8) is 0 Å². The predicted octanol–water partition coefficient (Wildman–Crippen LogP) is 2.74. The number of aromatic nitrogens is 1. The van der Waals surface area contributed by atoms with Gasteiger partial charge in [0.15, 0.2) is 0 Å². The van der Waals surface area contributed by atoms with E-state index in [0.717, 1.165) is 37.7 Å². The van der Waals surface area contributed by atoms with Gasteiger partial charge in [0.25, 0.3) is 5.91 Å². The van der Waals surface area contributed by atoms with Gasteiger partial charge in [-0.25, -0.2) is 4.98 Å². The van der Waals surface area contributed by atoms with E-state index in [9.17, 15) is 14.7 Å². The third-order valence-corrected chi connectivity index (χ3v) is 6.69. The molecule has 0 unspecified atom stereocenters. The normalized spacial score (nSPS) is 24.6. The molecule has 1 aliphatic heterocycles. The Kier molecular flexibility index (Phi) is 6.32. The summed E-state index contributed by atoms with van der Waals surface area (Å²) in [4.78, 5) is 34.0. The number of aliphatic hydroxyl groups excluding tert-OH is 1.